The van der Waals surface area contributed by atoms with Gasteiger partial charge in [0, 0.05) is 17.4 Å². The SMILES string of the molecule is Cc1ccc2c(c1)c(=O)c1c3n2CC[NH+](CC#N)C3CC1. The number of nitrogens with zero attached hydrogens (tertiary/aromatic N) is 2. The first-order valence-corrected chi connectivity index (χ1v) is 7.58. The molecule has 4 heteroatoms. The number of fused-ring (bicyclic) bond motifs is 2. The molecule has 21 heavy (non-hydrogen) atoms. The summed E-state index contributed by atoms with van der Waals surface area (Å²) in [6.45, 7) is 4.43. The van der Waals surface area contributed by atoms with Gasteiger partial charge in [0.15, 0.2) is 12.0 Å². The first-order valence-electron chi connectivity index (χ1n) is 7.58. The van der Waals surface area contributed by atoms with Gasteiger partial charge in [-0.25, -0.2) is 0 Å². The Balaban J connectivity index is 2.02. The normalized spacial score (nSPS) is 23.0. The van der Waals surface area contributed by atoms with E-state index in [4.69, 9.17) is 5.26 Å². The van der Waals surface area contributed by atoms with Crippen LogP contribution in [0.4, 0.5) is 0 Å². The Bertz CT molecular complexity index is 844. The number of benzene rings is 1. The molecule has 1 aliphatic heterocycles. The van der Waals surface area contributed by atoms with Crippen molar-refractivity contribution in [3.63, 3.8) is 0 Å². The first-order chi connectivity index (χ1) is 10.2. The van der Waals surface area contributed by atoms with E-state index in [1.807, 2.05) is 13.0 Å². The molecular weight excluding hydrogens is 262 g/mol. The van der Waals surface area contributed by atoms with E-state index in [-0.39, 0.29) is 5.43 Å². The molecule has 1 aliphatic carbocycles. The Kier molecular flexibility index (Phi) is 2.66. The Hall–Kier alpha value is -2.12. The summed E-state index contributed by atoms with van der Waals surface area (Å²) in [7, 11) is 0. The molecule has 1 N–H and O–H groups in total. The molecule has 0 saturated heterocycles. The quantitative estimate of drug-likeness (QED) is 0.783. The highest BCUT2D eigenvalue weighted by atomic mass is 16.1. The maximum atomic E-state index is 12.8. The molecule has 2 heterocycles. The highest BCUT2D eigenvalue weighted by Crippen LogP contribution is 2.31. The van der Waals surface area contributed by atoms with Crippen LogP contribution < -0.4 is 10.3 Å². The molecule has 1 aromatic carbocycles. The lowest BCUT2D eigenvalue weighted by Crippen LogP contribution is -3.13. The Morgan fingerprint density at radius 3 is 3.14 bits per heavy atom. The molecule has 4 rings (SSSR count). The van der Waals surface area contributed by atoms with Gasteiger partial charge in [0.05, 0.1) is 24.3 Å². The lowest BCUT2D eigenvalue weighted by atomic mass is 10.0. The van der Waals surface area contributed by atoms with Crippen LogP contribution in [0.15, 0.2) is 23.0 Å². The van der Waals surface area contributed by atoms with E-state index in [1.165, 1.54) is 10.6 Å². The summed E-state index contributed by atoms with van der Waals surface area (Å²) in [6, 6.07) is 8.79. The van der Waals surface area contributed by atoms with Crippen molar-refractivity contribution in [3.8, 4) is 6.07 Å². The first kappa shape index (κ1) is 12.6. The zero-order valence-electron chi connectivity index (χ0n) is 12.1. The molecule has 2 aromatic rings. The highest BCUT2D eigenvalue weighted by Gasteiger charge is 2.39. The maximum Gasteiger partial charge on any atom is 0.193 e. The fourth-order valence-corrected chi connectivity index (χ4v) is 4.09. The minimum Gasteiger partial charge on any atom is -0.333 e. The van der Waals surface area contributed by atoms with Crippen molar-refractivity contribution in [2.24, 2.45) is 0 Å². The van der Waals surface area contributed by atoms with E-state index in [0.717, 1.165) is 48.0 Å². The van der Waals surface area contributed by atoms with E-state index in [2.05, 4.69) is 22.8 Å². The smallest absolute Gasteiger partial charge is 0.193 e. The third-order valence-corrected chi connectivity index (χ3v) is 5.03. The standard InChI is InChI=1S/C17H17N3O/c1-11-2-4-14-13(10-11)17(21)12-3-5-15-16(12)20(14)9-8-19(15)7-6-18/h2,4,10,15H,3,5,7-9H2,1H3/p+1. The fourth-order valence-electron chi connectivity index (χ4n) is 4.09. The Morgan fingerprint density at radius 2 is 2.33 bits per heavy atom. The number of nitriles is 1. The molecule has 106 valence electrons. The van der Waals surface area contributed by atoms with Crippen molar-refractivity contribution >= 4 is 10.9 Å². The van der Waals surface area contributed by atoms with Crippen LogP contribution in [-0.2, 0) is 13.0 Å². The van der Waals surface area contributed by atoms with Crippen LogP contribution >= 0.6 is 0 Å². The summed E-state index contributed by atoms with van der Waals surface area (Å²) < 4.78 is 2.34. The van der Waals surface area contributed by atoms with Gasteiger partial charge in [0.1, 0.15) is 12.1 Å². The van der Waals surface area contributed by atoms with Crippen molar-refractivity contribution in [2.45, 2.75) is 32.4 Å². The van der Waals surface area contributed by atoms with E-state index >= 15 is 0 Å². The number of aromatic nitrogens is 1. The number of quaternary nitrogens is 1. The third kappa shape index (κ3) is 1.68. The summed E-state index contributed by atoms with van der Waals surface area (Å²) >= 11 is 0. The molecule has 2 atom stereocenters. The summed E-state index contributed by atoms with van der Waals surface area (Å²) in [5, 5.41) is 9.87. The van der Waals surface area contributed by atoms with Crippen LogP contribution in [0.3, 0.4) is 0 Å². The van der Waals surface area contributed by atoms with E-state index in [1.54, 1.807) is 0 Å². The molecule has 2 aliphatic rings. The molecule has 0 radical (unpaired) electrons. The van der Waals surface area contributed by atoms with E-state index < -0.39 is 0 Å². The van der Waals surface area contributed by atoms with Crippen LogP contribution in [0.5, 0.6) is 0 Å². The van der Waals surface area contributed by atoms with Crippen LogP contribution in [0.1, 0.15) is 29.3 Å². The lowest BCUT2D eigenvalue weighted by Gasteiger charge is -2.32. The van der Waals surface area contributed by atoms with Crippen molar-refractivity contribution in [3.05, 3.63) is 45.2 Å². The Morgan fingerprint density at radius 1 is 1.48 bits per heavy atom. The van der Waals surface area contributed by atoms with Gasteiger partial charge in [-0.2, -0.15) is 5.26 Å². The zero-order chi connectivity index (χ0) is 14.6. The summed E-state index contributed by atoms with van der Waals surface area (Å²) in [5.41, 5.74) is 4.60. The predicted octanol–water partition coefficient (Wildman–Crippen LogP) is 0.719. The summed E-state index contributed by atoms with van der Waals surface area (Å²) in [6.07, 6.45) is 1.86. The van der Waals surface area contributed by atoms with Crippen molar-refractivity contribution in [1.82, 2.24) is 4.57 Å². The lowest BCUT2D eigenvalue weighted by molar-refractivity contribution is -0.929. The minimum atomic E-state index is 0.209. The van der Waals surface area contributed by atoms with Crippen LogP contribution in [0.2, 0.25) is 0 Å². The van der Waals surface area contributed by atoms with Crippen LogP contribution in [0, 0.1) is 18.3 Å². The van der Waals surface area contributed by atoms with Gasteiger partial charge in [-0.3, -0.25) is 4.79 Å². The van der Waals surface area contributed by atoms with Crippen LogP contribution in [0.25, 0.3) is 10.9 Å². The number of pyridine rings is 1. The molecule has 0 amide bonds. The molecule has 0 bridgehead atoms. The second-order valence-electron chi connectivity index (χ2n) is 6.20. The summed E-state index contributed by atoms with van der Waals surface area (Å²) in [5.74, 6) is 0. The number of hydrogen-bond acceptors (Lipinski definition) is 2. The third-order valence-electron chi connectivity index (χ3n) is 5.03. The van der Waals surface area contributed by atoms with Crippen molar-refractivity contribution in [1.29, 1.82) is 5.26 Å². The second-order valence-corrected chi connectivity index (χ2v) is 6.20. The van der Waals surface area contributed by atoms with Crippen molar-refractivity contribution < 1.29 is 4.90 Å². The minimum absolute atomic E-state index is 0.209. The Labute approximate surface area is 123 Å². The van der Waals surface area contributed by atoms with Gasteiger partial charge in [0.25, 0.3) is 0 Å². The average molecular weight is 280 g/mol. The van der Waals surface area contributed by atoms with Gasteiger partial charge >= 0.3 is 0 Å². The number of nitrogens with one attached hydrogen (secondary N) is 1. The number of rotatable bonds is 1. The molecule has 0 saturated carbocycles. The van der Waals surface area contributed by atoms with Gasteiger partial charge in [-0.1, -0.05) is 11.6 Å². The molecular formula is C17H18N3O+. The molecule has 0 fully saturated rings. The predicted molar refractivity (Wildman–Crippen MR) is 80.3 cm³/mol. The monoisotopic (exact) mass is 280 g/mol. The van der Waals surface area contributed by atoms with Gasteiger partial charge in [-0.15, -0.1) is 0 Å². The van der Waals surface area contributed by atoms with E-state index in [9.17, 15) is 4.79 Å². The van der Waals surface area contributed by atoms with Gasteiger partial charge in [-0.05, 0) is 25.5 Å². The molecule has 4 nitrogen and oxygen atoms in total. The van der Waals surface area contributed by atoms with E-state index in [0.29, 0.717) is 12.6 Å². The number of aryl methyl sites for hydroxylation is 1. The molecule has 2 unspecified atom stereocenters. The topological polar surface area (TPSA) is 50.2 Å². The number of hydrogen-bond donors (Lipinski definition) is 1. The highest BCUT2D eigenvalue weighted by molar-refractivity contribution is 5.81. The summed E-state index contributed by atoms with van der Waals surface area (Å²) in [4.78, 5) is 14.1. The molecule has 1 aromatic heterocycles. The average Bonchev–Trinajstić information content (AvgIpc) is 2.92. The van der Waals surface area contributed by atoms with Crippen LogP contribution in [-0.4, -0.2) is 17.7 Å². The largest absolute Gasteiger partial charge is 0.333 e. The van der Waals surface area contributed by atoms with Crippen molar-refractivity contribution in [2.75, 3.05) is 13.1 Å². The second kappa shape index (κ2) is 4.44. The molecule has 0 spiro atoms. The van der Waals surface area contributed by atoms with Gasteiger partial charge < -0.3 is 9.47 Å². The van der Waals surface area contributed by atoms with Gasteiger partial charge in [0.2, 0.25) is 0 Å². The zero-order valence-corrected chi connectivity index (χ0v) is 12.1. The maximum absolute atomic E-state index is 12.8. The fraction of sp³-hybridized carbons (Fsp3) is 0.412.